The zero-order valence-electron chi connectivity index (χ0n) is 3.31. The fraction of sp³-hybridized carbons (Fsp3) is 0.400. The smallest absolute Gasteiger partial charge is 0.0252 e. The quantitative estimate of drug-likeness (QED) is 0.355. The summed E-state index contributed by atoms with van der Waals surface area (Å²) in [4.78, 5) is 0. The summed E-state index contributed by atoms with van der Waals surface area (Å²) in [5, 5.41) is 6.71. The van der Waals surface area contributed by atoms with Gasteiger partial charge in [0.05, 0.1) is 0 Å². The summed E-state index contributed by atoms with van der Waals surface area (Å²) in [6.07, 6.45) is 3.73. The number of nitrogens with one attached hydrogen (secondary N) is 1. The van der Waals surface area contributed by atoms with E-state index in [4.69, 9.17) is 5.41 Å². The van der Waals surface area contributed by atoms with Crippen molar-refractivity contribution in [2.45, 2.75) is 0 Å². The van der Waals surface area contributed by atoms with Crippen LogP contribution in [0.5, 0.6) is 0 Å². The van der Waals surface area contributed by atoms with Crippen LogP contribution < -0.4 is 0 Å². The van der Waals surface area contributed by atoms with Crippen molar-refractivity contribution < 1.29 is 0 Å². The van der Waals surface area contributed by atoms with Gasteiger partial charge in [0, 0.05) is 18.1 Å². The van der Waals surface area contributed by atoms with Gasteiger partial charge in [-0.1, -0.05) is 11.6 Å². The lowest BCUT2D eigenvalue weighted by Crippen LogP contribution is -1.78. The molecule has 0 radical (unpaired) electrons. The van der Waals surface area contributed by atoms with Crippen LogP contribution in [0.3, 0.4) is 0 Å². The molecule has 2 rings (SSSR count). The van der Waals surface area contributed by atoms with Crippen molar-refractivity contribution in [3.8, 4) is 0 Å². The van der Waals surface area contributed by atoms with Crippen molar-refractivity contribution in [2.24, 2.45) is 11.8 Å². The number of rotatable bonds is 1. The Morgan fingerprint density at radius 3 is 2.50 bits per heavy atom. The maximum absolute atomic E-state index is 6.71. The standard InChI is InChI=1S/C5H5N/c6-2-5-3-1-4(3)5/h1-3,5-6H. The number of allylic oxidation sites excluding steroid dienone is 2. The van der Waals surface area contributed by atoms with E-state index in [2.05, 4.69) is 6.08 Å². The van der Waals surface area contributed by atoms with Crippen LogP contribution in [-0.2, 0) is 0 Å². The first kappa shape index (κ1) is 2.56. The highest BCUT2D eigenvalue weighted by atomic mass is 14.6. The fourth-order valence-corrected chi connectivity index (χ4v) is 0.781. The second-order valence-electron chi connectivity index (χ2n) is 1.88. The third-order valence-corrected chi connectivity index (χ3v) is 1.49. The summed E-state index contributed by atoms with van der Waals surface area (Å²) in [5.41, 5.74) is 1.50. The number of hydrogen-bond donors (Lipinski definition) is 1. The second-order valence-corrected chi connectivity index (χ2v) is 1.88. The molecule has 1 fully saturated rings. The van der Waals surface area contributed by atoms with E-state index in [9.17, 15) is 0 Å². The maximum Gasteiger partial charge on any atom is 0.0252 e. The van der Waals surface area contributed by atoms with Crippen LogP contribution in [0.2, 0.25) is 0 Å². The molecule has 0 spiro atoms. The van der Waals surface area contributed by atoms with Crippen LogP contribution in [0, 0.1) is 17.2 Å². The second kappa shape index (κ2) is 0.473. The van der Waals surface area contributed by atoms with Gasteiger partial charge in [0.15, 0.2) is 0 Å². The Morgan fingerprint density at radius 1 is 1.83 bits per heavy atom. The third-order valence-electron chi connectivity index (χ3n) is 1.49. The van der Waals surface area contributed by atoms with Gasteiger partial charge in [-0.05, 0) is 0 Å². The summed E-state index contributed by atoms with van der Waals surface area (Å²) in [5.74, 6) is 1.38. The van der Waals surface area contributed by atoms with Crippen LogP contribution >= 0.6 is 0 Å². The van der Waals surface area contributed by atoms with E-state index < -0.39 is 0 Å². The van der Waals surface area contributed by atoms with E-state index in [1.807, 2.05) is 0 Å². The van der Waals surface area contributed by atoms with Gasteiger partial charge < -0.3 is 5.41 Å². The molecule has 1 nitrogen and oxygen atoms in total. The van der Waals surface area contributed by atoms with Crippen LogP contribution in [0.25, 0.3) is 0 Å². The Bertz CT molecular complexity index is 135. The van der Waals surface area contributed by atoms with Gasteiger partial charge in [-0.15, -0.1) is 0 Å². The van der Waals surface area contributed by atoms with E-state index in [0.29, 0.717) is 5.92 Å². The first-order valence-corrected chi connectivity index (χ1v) is 2.15. The van der Waals surface area contributed by atoms with E-state index >= 15 is 0 Å². The van der Waals surface area contributed by atoms with Crippen molar-refractivity contribution in [3.05, 3.63) is 11.6 Å². The molecule has 2 aliphatic carbocycles. The highest BCUT2D eigenvalue weighted by molar-refractivity contribution is 5.78. The summed E-state index contributed by atoms with van der Waals surface area (Å²) in [7, 11) is 0. The van der Waals surface area contributed by atoms with E-state index in [1.165, 1.54) is 11.8 Å². The van der Waals surface area contributed by atoms with Crippen molar-refractivity contribution >= 4 is 6.21 Å². The molecule has 0 amide bonds. The van der Waals surface area contributed by atoms with Crippen LogP contribution in [0.1, 0.15) is 0 Å². The van der Waals surface area contributed by atoms with Gasteiger partial charge >= 0.3 is 0 Å². The summed E-state index contributed by atoms with van der Waals surface area (Å²) in [6.45, 7) is 0. The summed E-state index contributed by atoms with van der Waals surface area (Å²) in [6, 6.07) is 0. The van der Waals surface area contributed by atoms with Gasteiger partial charge in [-0.3, -0.25) is 0 Å². The minimum atomic E-state index is 0.602. The zero-order chi connectivity index (χ0) is 4.15. The monoisotopic (exact) mass is 79.0 g/mol. The van der Waals surface area contributed by atoms with Crippen molar-refractivity contribution in [1.29, 1.82) is 5.41 Å². The van der Waals surface area contributed by atoms with Gasteiger partial charge in [0.25, 0.3) is 0 Å². The van der Waals surface area contributed by atoms with Gasteiger partial charge in [-0.25, -0.2) is 0 Å². The Morgan fingerprint density at radius 2 is 2.50 bits per heavy atom. The Hall–Kier alpha value is -0.590. The first-order chi connectivity index (χ1) is 2.93. The minimum Gasteiger partial charge on any atom is -0.312 e. The molecule has 2 unspecified atom stereocenters. The fourth-order valence-electron chi connectivity index (χ4n) is 0.781. The molecule has 0 aliphatic heterocycles. The molecule has 0 aromatic rings. The molecule has 2 atom stereocenters. The molecule has 0 heterocycles. The molecule has 1 heteroatoms. The molecule has 0 bridgehead atoms. The van der Waals surface area contributed by atoms with Crippen LogP contribution in [0.4, 0.5) is 0 Å². The predicted octanol–water partition coefficient (Wildman–Crippen LogP) is 0.822. The number of hydrogen-bond acceptors (Lipinski definition) is 1. The van der Waals surface area contributed by atoms with E-state index in [0.717, 1.165) is 5.92 Å². The summed E-state index contributed by atoms with van der Waals surface area (Å²) < 4.78 is 0. The van der Waals surface area contributed by atoms with Crippen molar-refractivity contribution in [3.63, 3.8) is 0 Å². The first-order valence-electron chi connectivity index (χ1n) is 2.15. The lowest BCUT2D eigenvalue weighted by atomic mass is 10.3. The van der Waals surface area contributed by atoms with Gasteiger partial charge in [0.2, 0.25) is 0 Å². The molecular formula is C5H5N. The largest absolute Gasteiger partial charge is 0.312 e. The Balaban J connectivity index is 2.22. The lowest BCUT2D eigenvalue weighted by molar-refractivity contribution is 1.06. The third kappa shape index (κ3) is 0.110. The van der Waals surface area contributed by atoms with Gasteiger partial charge in [0.1, 0.15) is 0 Å². The highest BCUT2D eigenvalue weighted by Crippen LogP contribution is 2.58. The van der Waals surface area contributed by atoms with Crippen LogP contribution in [-0.4, -0.2) is 6.21 Å². The maximum atomic E-state index is 6.71. The molecule has 0 aromatic carbocycles. The molecule has 30 valence electrons. The lowest BCUT2D eigenvalue weighted by Gasteiger charge is -1.76. The Kier molecular flexibility index (Phi) is 0.202. The van der Waals surface area contributed by atoms with Crippen molar-refractivity contribution in [2.75, 3.05) is 0 Å². The minimum absolute atomic E-state index is 0.602. The van der Waals surface area contributed by atoms with Gasteiger partial charge in [-0.2, -0.15) is 0 Å². The van der Waals surface area contributed by atoms with Crippen LogP contribution in [0.15, 0.2) is 11.6 Å². The summed E-state index contributed by atoms with van der Waals surface area (Å²) >= 11 is 0. The molecule has 0 aromatic heterocycles. The molecular weight excluding hydrogens is 74.1 g/mol. The molecule has 1 saturated carbocycles. The molecule has 2 aliphatic rings. The average molecular weight is 79.1 g/mol. The topological polar surface area (TPSA) is 23.9 Å². The highest BCUT2D eigenvalue weighted by Gasteiger charge is 2.52. The normalized spacial score (nSPS) is 46.3. The average Bonchev–Trinajstić information content (AvgIpc) is 2.12. The Labute approximate surface area is 36.2 Å². The predicted molar refractivity (Wildman–Crippen MR) is 23.8 cm³/mol. The van der Waals surface area contributed by atoms with Crippen molar-refractivity contribution in [1.82, 2.24) is 0 Å². The molecule has 0 saturated heterocycles. The SMILES string of the molecule is N=CC1C2=CC21. The van der Waals surface area contributed by atoms with E-state index in [1.54, 1.807) is 0 Å². The molecule has 1 N–H and O–H groups in total. The number of fused-ring (bicyclic) bond motifs is 1. The molecule has 6 heavy (non-hydrogen) atoms. The van der Waals surface area contributed by atoms with E-state index in [-0.39, 0.29) is 0 Å². The zero-order valence-corrected chi connectivity index (χ0v) is 3.31.